The van der Waals surface area contributed by atoms with E-state index >= 15 is 0 Å². The second kappa shape index (κ2) is 4.73. The molecule has 0 aliphatic rings. The van der Waals surface area contributed by atoms with E-state index in [1.165, 1.54) is 0 Å². The zero-order chi connectivity index (χ0) is 14.1. The first-order valence-electron chi connectivity index (χ1n) is 6.06. The molecule has 0 unspecified atom stereocenters. The molecule has 0 amide bonds. The predicted molar refractivity (Wildman–Crippen MR) is 76.0 cm³/mol. The van der Waals surface area contributed by atoms with E-state index in [1.54, 1.807) is 37.8 Å². The van der Waals surface area contributed by atoms with Gasteiger partial charge in [0.15, 0.2) is 17.0 Å². The van der Waals surface area contributed by atoms with Gasteiger partial charge in [-0.15, -0.1) is 0 Å². The number of hydrogen-bond acceptors (Lipinski definition) is 5. The summed E-state index contributed by atoms with van der Waals surface area (Å²) in [6.07, 6.45) is 3.40. The molecule has 20 heavy (non-hydrogen) atoms. The minimum atomic E-state index is 0.423. The lowest BCUT2D eigenvalue weighted by atomic mass is 10.3. The highest BCUT2D eigenvalue weighted by molar-refractivity contribution is 5.80. The summed E-state index contributed by atoms with van der Waals surface area (Å²) in [7, 11) is 3.49. The van der Waals surface area contributed by atoms with Gasteiger partial charge in [0.2, 0.25) is 5.88 Å². The third kappa shape index (κ3) is 2.01. The average molecular weight is 270 g/mol. The van der Waals surface area contributed by atoms with Crippen LogP contribution in [0.4, 0.5) is 5.69 Å². The molecule has 2 aromatic heterocycles. The molecule has 0 aliphatic carbocycles. The number of nitrogens with two attached hydrogens (primary N) is 1. The van der Waals surface area contributed by atoms with Crippen molar-refractivity contribution < 1.29 is 9.47 Å². The first-order chi connectivity index (χ1) is 9.69. The van der Waals surface area contributed by atoms with Crippen LogP contribution in [0.15, 0.2) is 36.8 Å². The Hall–Kier alpha value is -2.76. The predicted octanol–water partition coefficient (Wildman–Crippen LogP) is 2.35. The van der Waals surface area contributed by atoms with Gasteiger partial charge >= 0.3 is 0 Å². The Morgan fingerprint density at radius 3 is 2.80 bits per heavy atom. The van der Waals surface area contributed by atoms with Crippen LogP contribution in [0.1, 0.15) is 0 Å². The number of pyridine rings is 1. The molecule has 0 fully saturated rings. The molecule has 3 rings (SSSR count). The van der Waals surface area contributed by atoms with E-state index in [0.717, 1.165) is 5.52 Å². The summed E-state index contributed by atoms with van der Waals surface area (Å²) in [6, 6.07) is 7.08. The fraction of sp³-hybridized carbons (Fsp3) is 0.143. The quantitative estimate of drug-likeness (QED) is 0.739. The lowest BCUT2D eigenvalue weighted by molar-refractivity contribution is 0.376. The maximum Gasteiger partial charge on any atom is 0.247 e. The van der Waals surface area contributed by atoms with Gasteiger partial charge < -0.3 is 19.8 Å². The van der Waals surface area contributed by atoms with Crippen LogP contribution < -0.4 is 15.2 Å². The number of benzene rings is 1. The smallest absolute Gasteiger partial charge is 0.247 e. The van der Waals surface area contributed by atoms with Crippen molar-refractivity contribution in [2.45, 2.75) is 0 Å². The van der Waals surface area contributed by atoms with Gasteiger partial charge in [-0.05, 0) is 18.2 Å². The summed E-state index contributed by atoms with van der Waals surface area (Å²) >= 11 is 0. The highest BCUT2D eigenvalue weighted by Gasteiger charge is 2.12. The minimum absolute atomic E-state index is 0.423. The van der Waals surface area contributed by atoms with Gasteiger partial charge in [0.05, 0.1) is 19.0 Å². The second-order valence-corrected chi connectivity index (χ2v) is 4.35. The average Bonchev–Trinajstić information content (AvgIpc) is 2.82. The van der Waals surface area contributed by atoms with Crippen molar-refractivity contribution in [2.75, 3.05) is 12.8 Å². The lowest BCUT2D eigenvalue weighted by Crippen LogP contribution is -1.95. The molecule has 1 aromatic carbocycles. The number of nitrogen functional groups attached to an aromatic ring is 1. The Bertz CT molecular complexity index is 767. The molecule has 102 valence electrons. The fourth-order valence-corrected chi connectivity index (χ4v) is 1.99. The zero-order valence-corrected chi connectivity index (χ0v) is 11.2. The summed E-state index contributed by atoms with van der Waals surface area (Å²) in [4.78, 5) is 8.52. The molecule has 0 radical (unpaired) electrons. The maximum atomic E-state index is 5.82. The number of anilines is 1. The van der Waals surface area contributed by atoms with Crippen LogP contribution in [0.5, 0.6) is 17.4 Å². The van der Waals surface area contributed by atoms with Crippen LogP contribution in [0.25, 0.3) is 11.0 Å². The normalized spacial score (nSPS) is 10.7. The first-order valence-corrected chi connectivity index (χ1v) is 6.06. The molecule has 0 aliphatic heterocycles. The van der Waals surface area contributed by atoms with Crippen LogP contribution in [0, 0.1) is 0 Å². The molecule has 0 saturated carbocycles. The lowest BCUT2D eigenvalue weighted by Gasteiger charge is -2.10. The maximum absolute atomic E-state index is 5.82. The van der Waals surface area contributed by atoms with Crippen LogP contribution in [0.2, 0.25) is 0 Å². The molecular formula is C14H14N4O2. The number of nitrogens with zero attached hydrogens (tertiary/aromatic N) is 3. The van der Waals surface area contributed by atoms with Gasteiger partial charge in [-0.3, -0.25) is 0 Å². The van der Waals surface area contributed by atoms with Gasteiger partial charge in [0.1, 0.15) is 0 Å². The summed E-state index contributed by atoms with van der Waals surface area (Å²) in [5, 5.41) is 0. The minimum Gasteiger partial charge on any atom is -0.493 e. The second-order valence-electron chi connectivity index (χ2n) is 4.35. The van der Waals surface area contributed by atoms with Crippen molar-refractivity contribution in [1.29, 1.82) is 0 Å². The number of fused-ring (bicyclic) bond motifs is 1. The Labute approximate surface area is 115 Å². The van der Waals surface area contributed by atoms with E-state index in [-0.39, 0.29) is 0 Å². The van der Waals surface area contributed by atoms with Crippen molar-refractivity contribution in [1.82, 2.24) is 14.5 Å². The standard InChI is InChI=1S/C14H14N4O2/c1-18-8-17-13-10(18)5-6-16-14(13)20-12-7-9(15)3-4-11(12)19-2/h3-8H,15H2,1-2H3. The van der Waals surface area contributed by atoms with Crippen molar-refractivity contribution in [2.24, 2.45) is 7.05 Å². The van der Waals surface area contributed by atoms with Gasteiger partial charge in [0, 0.05) is 25.0 Å². The molecule has 3 aromatic rings. The molecule has 2 heterocycles. The number of rotatable bonds is 3. The number of aryl methyl sites for hydroxylation is 1. The SMILES string of the molecule is COc1ccc(N)cc1Oc1nccc2c1ncn2C. The molecule has 0 atom stereocenters. The summed E-state index contributed by atoms with van der Waals surface area (Å²) in [5.41, 5.74) is 8.00. The molecule has 0 saturated heterocycles. The summed E-state index contributed by atoms with van der Waals surface area (Å²) in [5.74, 6) is 1.53. The summed E-state index contributed by atoms with van der Waals surface area (Å²) < 4.78 is 13.0. The Balaban J connectivity index is 2.07. The van der Waals surface area contributed by atoms with Crippen LogP contribution >= 0.6 is 0 Å². The number of imidazole rings is 1. The van der Waals surface area contributed by atoms with Crippen LogP contribution in [0.3, 0.4) is 0 Å². The Morgan fingerprint density at radius 2 is 2.00 bits per heavy atom. The molecule has 6 heteroatoms. The largest absolute Gasteiger partial charge is 0.493 e. The van der Waals surface area contributed by atoms with Gasteiger partial charge in [0.25, 0.3) is 0 Å². The van der Waals surface area contributed by atoms with E-state index in [4.69, 9.17) is 15.2 Å². The first kappa shape index (κ1) is 12.3. The fourth-order valence-electron chi connectivity index (χ4n) is 1.99. The molecular weight excluding hydrogens is 256 g/mol. The van der Waals surface area contributed by atoms with Gasteiger partial charge in [-0.2, -0.15) is 0 Å². The molecule has 0 spiro atoms. The van der Waals surface area contributed by atoms with Gasteiger partial charge in [-0.25, -0.2) is 9.97 Å². The van der Waals surface area contributed by atoms with E-state index in [0.29, 0.717) is 28.6 Å². The number of hydrogen-bond donors (Lipinski definition) is 1. The summed E-state index contributed by atoms with van der Waals surface area (Å²) in [6.45, 7) is 0. The van der Waals surface area contributed by atoms with Crippen molar-refractivity contribution in [3.05, 3.63) is 36.8 Å². The third-order valence-corrected chi connectivity index (χ3v) is 3.00. The van der Waals surface area contributed by atoms with Crippen LogP contribution in [-0.4, -0.2) is 21.6 Å². The Morgan fingerprint density at radius 1 is 1.15 bits per heavy atom. The molecule has 6 nitrogen and oxygen atoms in total. The number of methoxy groups -OCH3 is 1. The van der Waals surface area contributed by atoms with E-state index in [9.17, 15) is 0 Å². The molecule has 0 bridgehead atoms. The van der Waals surface area contributed by atoms with Crippen molar-refractivity contribution >= 4 is 16.7 Å². The monoisotopic (exact) mass is 270 g/mol. The van der Waals surface area contributed by atoms with Crippen LogP contribution in [-0.2, 0) is 7.05 Å². The zero-order valence-electron chi connectivity index (χ0n) is 11.2. The highest BCUT2D eigenvalue weighted by Crippen LogP contribution is 2.34. The van der Waals surface area contributed by atoms with Crippen molar-refractivity contribution in [3.63, 3.8) is 0 Å². The van der Waals surface area contributed by atoms with Gasteiger partial charge in [-0.1, -0.05) is 0 Å². The topological polar surface area (TPSA) is 75.2 Å². The van der Waals surface area contributed by atoms with E-state index < -0.39 is 0 Å². The van der Waals surface area contributed by atoms with E-state index in [2.05, 4.69) is 9.97 Å². The third-order valence-electron chi connectivity index (χ3n) is 3.00. The Kier molecular flexibility index (Phi) is 2.90. The number of ether oxygens (including phenoxy) is 2. The highest BCUT2D eigenvalue weighted by atomic mass is 16.5. The number of aromatic nitrogens is 3. The van der Waals surface area contributed by atoms with E-state index in [1.807, 2.05) is 17.7 Å². The van der Waals surface area contributed by atoms with Crippen molar-refractivity contribution in [3.8, 4) is 17.4 Å². The molecule has 2 N–H and O–H groups in total.